The fraction of sp³-hybridized carbons (Fsp3) is 0.312. The van der Waals surface area contributed by atoms with Gasteiger partial charge in [-0.25, -0.2) is 0 Å². The summed E-state index contributed by atoms with van der Waals surface area (Å²) in [5, 5.41) is 11.0. The van der Waals surface area contributed by atoms with Crippen LogP contribution in [-0.2, 0) is 0 Å². The van der Waals surface area contributed by atoms with Crippen LogP contribution in [0, 0.1) is 0 Å². The maximum atomic E-state index is 10.4. The first-order chi connectivity index (χ1) is 10.1. The highest BCUT2D eigenvalue weighted by Crippen LogP contribution is 2.25. The first-order valence-electron chi connectivity index (χ1n) is 6.78. The molecule has 1 aromatic heterocycles. The quantitative estimate of drug-likeness (QED) is 0.885. The first kappa shape index (κ1) is 15.6. The van der Waals surface area contributed by atoms with Gasteiger partial charge in [0.1, 0.15) is 23.7 Å². The second-order valence-corrected chi connectivity index (χ2v) is 5.05. The third kappa shape index (κ3) is 4.34. The molecular weight excluding hydrogens is 290 g/mol. The monoisotopic (exact) mass is 307 g/mol. The summed E-state index contributed by atoms with van der Waals surface area (Å²) in [4.78, 5) is 4.07. The van der Waals surface area contributed by atoms with Gasteiger partial charge in [-0.05, 0) is 38.1 Å². The van der Waals surface area contributed by atoms with Gasteiger partial charge in [0.2, 0.25) is 0 Å². The molecule has 0 fully saturated rings. The number of pyridine rings is 1. The van der Waals surface area contributed by atoms with Crippen molar-refractivity contribution in [1.82, 2.24) is 4.98 Å². The summed E-state index contributed by atoms with van der Waals surface area (Å²) in [5.74, 6) is 1.24. The minimum atomic E-state index is -0.808. The zero-order chi connectivity index (χ0) is 15.2. The van der Waals surface area contributed by atoms with Crippen molar-refractivity contribution in [3.05, 3.63) is 53.3 Å². The minimum absolute atomic E-state index is 0.442. The van der Waals surface area contributed by atoms with Crippen molar-refractivity contribution in [2.45, 2.75) is 26.1 Å². The van der Waals surface area contributed by atoms with Crippen molar-refractivity contribution in [3.8, 4) is 11.5 Å². The predicted octanol–water partition coefficient (Wildman–Crippen LogP) is 3.63. The van der Waals surface area contributed by atoms with Gasteiger partial charge >= 0.3 is 0 Å². The molecule has 0 aliphatic rings. The molecule has 0 aliphatic heterocycles. The third-order valence-corrected chi connectivity index (χ3v) is 3.18. The molecule has 21 heavy (non-hydrogen) atoms. The number of hydrogen-bond acceptors (Lipinski definition) is 4. The molecule has 4 nitrogen and oxygen atoms in total. The van der Waals surface area contributed by atoms with Gasteiger partial charge in [0.05, 0.1) is 12.8 Å². The molecule has 2 atom stereocenters. The Hall–Kier alpha value is -1.78. The maximum Gasteiger partial charge on any atom is 0.137 e. The highest BCUT2D eigenvalue weighted by Gasteiger charge is 2.19. The van der Waals surface area contributed by atoms with Crippen molar-refractivity contribution in [1.29, 1.82) is 0 Å². The molecule has 2 aromatic rings. The van der Waals surface area contributed by atoms with Gasteiger partial charge in [0.15, 0.2) is 0 Å². The van der Waals surface area contributed by atoms with E-state index in [1.165, 1.54) is 0 Å². The van der Waals surface area contributed by atoms with Crippen LogP contribution in [-0.4, -0.2) is 22.8 Å². The summed E-state index contributed by atoms with van der Waals surface area (Å²) in [6, 6.07) is 8.83. The standard InChI is InChI=1S/C16H18ClNO3/c1-3-20-15-7-12(9-18-10-15)16(19)11(2)21-14-6-4-5-13(17)8-14/h4-11,16,19H,3H2,1-2H3. The first-order valence-corrected chi connectivity index (χ1v) is 7.16. The van der Waals surface area contributed by atoms with Crippen LogP contribution in [0.5, 0.6) is 11.5 Å². The number of hydrogen-bond donors (Lipinski definition) is 1. The topological polar surface area (TPSA) is 51.6 Å². The SMILES string of the molecule is CCOc1cncc(C(O)C(C)Oc2cccc(Cl)c2)c1. The Bertz CT molecular complexity index is 591. The largest absolute Gasteiger partial charge is 0.492 e. The number of halogens is 1. The van der Waals surface area contributed by atoms with E-state index < -0.39 is 12.2 Å². The Morgan fingerprint density at radius 1 is 1.24 bits per heavy atom. The summed E-state index contributed by atoms with van der Waals surface area (Å²) in [7, 11) is 0. The summed E-state index contributed by atoms with van der Waals surface area (Å²) >= 11 is 5.91. The zero-order valence-corrected chi connectivity index (χ0v) is 12.7. The molecule has 0 spiro atoms. The summed E-state index contributed by atoms with van der Waals surface area (Å²) in [6.45, 7) is 4.24. The molecule has 112 valence electrons. The van der Waals surface area contributed by atoms with Gasteiger partial charge in [-0.1, -0.05) is 17.7 Å². The summed E-state index contributed by atoms with van der Waals surface area (Å²) in [6.07, 6.45) is 1.96. The lowest BCUT2D eigenvalue weighted by molar-refractivity contribution is 0.0463. The molecule has 1 N–H and O–H groups in total. The van der Waals surface area contributed by atoms with Gasteiger partial charge in [0.25, 0.3) is 0 Å². The minimum Gasteiger partial charge on any atom is -0.492 e. The van der Waals surface area contributed by atoms with E-state index in [2.05, 4.69) is 4.98 Å². The molecule has 0 aliphatic carbocycles. The number of ether oxygens (including phenoxy) is 2. The van der Waals surface area contributed by atoms with Crippen molar-refractivity contribution >= 4 is 11.6 Å². The van der Waals surface area contributed by atoms with E-state index in [1.807, 2.05) is 6.92 Å². The fourth-order valence-electron chi connectivity index (χ4n) is 1.93. The van der Waals surface area contributed by atoms with Crippen LogP contribution < -0.4 is 9.47 Å². The molecule has 0 radical (unpaired) electrons. The normalized spacial score (nSPS) is 13.5. The van der Waals surface area contributed by atoms with Crippen molar-refractivity contribution < 1.29 is 14.6 Å². The highest BCUT2D eigenvalue weighted by molar-refractivity contribution is 6.30. The molecule has 2 unspecified atom stereocenters. The van der Waals surface area contributed by atoms with E-state index in [1.54, 1.807) is 49.6 Å². The lowest BCUT2D eigenvalue weighted by Crippen LogP contribution is -2.22. The van der Waals surface area contributed by atoms with E-state index in [0.717, 1.165) is 0 Å². The molecule has 0 saturated carbocycles. The number of benzene rings is 1. The Kier molecular flexibility index (Phi) is 5.42. The van der Waals surface area contributed by atoms with Crippen LogP contribution in [0.1, 0.15) is 25.5 Å². The van der Waals surface area contributed by atoms with Gasteiger partial charge < -0.3 is 14.6 Å². The summed E-state index contributed by atoms with van der Waals surface area (Å²) < 4.78 is 11.1. The zero-order valence-electron chi connectivity index (χ0n) is 12.0. The van der Waals surface area contributed by atoms with E-state index in [4.69, 9.17) is 21.1 Å². The molecule has 0 amide bonds. The van der Waals surface area contributed by atoms with Crippen LogP contribution in [0.2, 0.25) is 5.02 Å². The number of aliphatic hydroxyl groups excluding tert-OH is 1. The van der Waals surface area contributed by atoms with Gasteiger partial charge in [-0.15, -0.1) is 0 Å². The fourth-order valence-corrected chi connectivity index (χ4v) is 2.11. The summed E-state index contributed by atoms with van der Waals surface area (Å²) in [5.41, 5.74) is 0.649. The van der Waals surface area contributed by atoms with Crippen LogP contribution in [0.15, 0.2) is 42.7 Å². The Morgan fingerprint density at radius 2 is 2.05 bits per heavy atom. The number of rotatable bonds is 6. The van der Waals surface area contributed by atoms with E-state index >= 15 is 0 Å². The molecule has 1 heterocycles. The third-order valence-electron chi connectivity index (χ3n) is 2.95. The highest BCUT2D eigenvalue weighted by atomic mass is 35.5. The maximum absolute atomic E-state index is 10.4. The smallest absolute Gasteiger partial charge is 0.137 e. The van der Waals surface area contributed by atoms with Crippen molar-refractivity contribution in [2.24, 2.45) is 0 Å². The second kappa shape index (κ2) is 7.29. The average Bonchev–Trinajstić information content (AvgIpc) is 2.47. The molecule has 0 bridgehead atoms. The van der Waals surface area contributed by atoms with Crippen LogP contribution in [0.3, 0.4) is 0 Å². The van der Waals surface area contributed by atoms with E-state index in [9.17, 15) is 5.11 Å². The molecule has 5 heteroatoms. The van der Waals surface area contributed by atoms with E-state index in [0.29, 0.717) is 28.7 Å². The number of nitrogens with zero attached hydrogens (tertiary/aromatic N) is 1. The molecule has 1 aromatic carbocycles. The average molecular weight is 308 g/mol. The molecule has 2 rings (SSSR count). The van der Waals surface area contributed by atoms with Crippen molar-refractivity contribution in [2.75, 3.05) is 6.61 Å². The van der Waals surface area contributed by atoms with Gasteiger partial charge in [-0.3, -0.25) is 4.98 Å². The number of aliphatic hydroxyl groups is 1. The van der Waals surface area contributed by atoms with Crippen LogP contribution in [0.25, 0.3) is 0 Å². The molecular formula is C16H18ClNO3. The second-order valence-electron chi connectivity index (χ2n) is 4.61. The Morgan fingerprint density at radius 3 is 2.76 bits per heavy atom. The molecule has 0 saturated heterocycles. The van der Waals surface area contributed by atoms with E-state index in [-0.39, 0.29) is 0 Å². The predicted molar refractivity (Wildman–Crippen MR) is 81.9 cm³/mol. The van der Waals surface area contributed by atoms with Gasteiger partial charge in [-0.2, -0.15) is 0 Å². The van der Waals surface area contributed by atoms with Crippen LogP contribution in [0.4, 0.5) is 0 Å². The van der Waals surface area contributed by atoms with Gasteiger partial charge in [0, 0.05) is 16.8 Å². The Labute approximate surface area is 129 Å². The van der Waals surface area contributed by atoms with Crippen molar-refractivity contribution in [3.63, 3.8) is 0 Å². The Balaban J connectivity index is 2.08. The lowest BCUT2D eigenvalue weighted by Gasteiger charge is -2.21. The number of aromatic nitrogens is 1. The lowest BCUT2D eigenvalue weighted by atomic mass is 10.1. The van der Waals surface area contributed by atoms with Crippen LogP contribution >= 0.6 is 11.6 Å².